The number of hydrogen-bond acceptors (Lipinski definition) is 3. The fraction of sp³-hybridized carbons (Fsp3) is 0.727. The summed E-state index contributed by atoms with van der Waals surface area (Å²) in [6, 6.07) is 0.550. The molecule has 2 unspecified atom stereocenters. The first-order chi connectivity index (χ1) is 7.10. The lowest BCUT2D eigenvalue weighted by Crippen LogP contribution is -2.27. The van der Waals surface area contributed by atoms with Crippen LogP contribution in [0.5, 0.6) is 0 Å². The standard InChI is InChI=1S/C11H20BrNO2/c1-4-9(2)13-8-7-10(12)5-6-11(14)15-3/h5-6,9-10,13H,4,7-8H2,1-3H3/b6-5+. The molecule has 0 aromatic heterocycles. The second-order valence-corrected chi connectivity index (χ2v) is 4.63. The Bertz CT molecular complexity index is 207. The summed E-state index contributed by atoms with van der Waals surface area (Å²) in [7, 11) is 1.38. The van der Waals surface area contributed by atoms with Crippen molar-refractivity contribution in [3.05, 3.63) is 12.2 Å². The summed E-state index contributed by atoms with van der Waals surface area (Å²) >= 11 is 3.47. The van der Waals surface area contributed by atoms with Gasteiger partial charge < -0.3 is 10.1 Å². The number of methoxy groups -OCH3 is 1. The lowest BCUT2D eigenvalue weighted by atomic mass is 10.2. The van der Waals surface area contributed by atoms with Crippen LogP contribution in [0.4, 0.5) is 0 Å². The number of halogens is 1. The summed E-state index contributed by atoms with van der Waals surface area (Å²) in [6.07, 6.45) is 5.34. The number of esters is 1. The van der Waals surface area contributed by atoms with Crippen LogP contribution >= 0.6 is 15.9 Å². The topological polar surface area (TPSA) is 38.3 Å². The fourth-order valence-electron chi connectivity index (χ4n) is 0.959. The molecule has 0 radical (unpaired) electrons. The van der Waals surface area contributed by atoms with E-state index in [1.807, 2.05) is 6.08 Å². The molecule has 2 atom stereocenters. The molecule has 0 aliphatic carbocycles. The highest BCUT2D eigenvalue weighted by Gasteiger charge is 2.02. The first-order valence-corrected chi connectivity index (χ1v) is 6.15. The van der Waals surface area contributed by atoms with E-state index >= 15 is 0 Å². The Morgan fingerprint density at radius 2 is 2.27 bits per heavy atom. The van der Waals surface area contributed by atoms with Crippen LogP contribution in [0.3, 0.4) is 0 Å². The molecule has 0 aliphatic rings. The minimum atomic E-state index is -0.311. The Morgan fingerprint density at radius 1 is 1.60 bits per heavy atom. The summed E-state index contributed by atoms with van der Waals surface area (Å²) in [5, 5.41) is 3.38. The molecule has 0 rings (SSSR count). The van der Waals surface area contributed by atoms with Crippen molar-refractivity contribution in [3.8, 4) is 0 Å². The third kappa shape index (κ3) is 8.63. The highest BCUT2D eigenvalue weighted by Crippen LogP contribution is 2.06. The van der Waals surface area contributed by atoms with E-state index in [4.69, 9.17) is 0 Å². The summed E-state index contributed by atoms with van der Waals surface area (Å²) in [5.74, 6) is -0.311. The van der Waals surface area contributed by atoms with Crippen molar-refractivity contribution in [2.75, 3.05) is 13.7 Å². The van der Waals surface area contributed by atoms with Gasteiger partial charge in [-0.05, 0) is 26.3 Å². The maximum atomic E-state index is 10.8. The molecule has 0 heterocycles. The second kappa shape index (κ2) is 8.92. The van der Waals surface area contributed by atoms with Crippen LogP contribution < -0.4 is 5.32 Å². The minimum Gasteiger partial charge on any atom is -0.466 e. The lowest BCUT2D eigenvalue weighted by Gasteiger charge is -2.11. The van der Waals surface area contributed by atoms with Crippen molar-refractivity contribution in [2.24, 2.45) is 0 Å². The van der Waals surface area contributed by atoms with Gasteiger partial charge in [-0.1, -0.05) is 28.9 Å². The van der Waals surface area contributed by atoms with Gasteiger partial charge >= 0.3 is 5.97 Å². The summed E-state index contributed by atoms with van der Waals surface area (Å²) in [6.45, 7) is 5.25. The zero-order valence-electron chi connectivity index (χ0n) is 9.63. The SMILES string of the molecule is CCC(C)NCCC(Br)/C=C/C(=O)OC. The minimum absolute atomic E-state index is 0.216. The molecule has 88 valence electrons. The maximum absolute atomic E-state index is 10.8. The van der Waals surface area contributed by atoms with Crippen LogP contribution in [0, 0.1) is 0 Å². The Labute approximate surface area is 100 Å². The van der Waals surface area contributed by atoms with Crippen LogP contribution in [0.2, 0.25) is 0 Å². The molecule has 4 heteroatoms. The molecule has 0 saturated carbocycles. The molecule has 3 nitrogen and oxygen atoms in total. The van der Waals surface area contributed by atoms with Crippen LogP contribution in [0.15, 0.2) is 12.2 Å². The Kier molecular flexibility index (Phi) is 8.71. The second-order valence-electron chi connectivity index (χ2n) is 3.45. The first-order valence-electron chi connectivity index (χ1n) is 5.23. The van der Waals surface area contributed by atoms with Gasteiger partial charge in [-0.25, -0.2) is 4.79 Å². The van der Waals surface area contributed by atoms with E-state index in [2.05, 4.69) is 39.8 Å². The highest BCUT2D eigenvalue weighted by molar-refractivity contribution is 9.09. The van der Waals surface area contributed by atoms with Crippen LogP contribution in [-0.4, -0.2) is 30.5 Å². The number of nitrogens with one attached hydrogen (secondary N) is 1. The number of allylic oxidation sites excluding steroid dienone is 1. The summed E-state index contributed by atoms with van der Waals surface area (Å²) in [5.41, 5.74) is 0. The summed E-state index contributed by atoms with van der Waals surface area (Å²) < 4.78 is 4.50. The zero-order chi connectivity index (χ0) is 11.7. The van der Waals surface area contributed by atoms with Gasteiger partial charge in [0.15, 0.2) is 0 Å². The predicted molar refractivity (Wildman–Crippen MR) is 66.2 cm³/mol. The van der Waals surface area contributed by atoms with E-state index < -0.39 is 0 Å². The lowest BCUT2D eigenvalue weighted by molar-refractivity contribution is -0.134. The maximum Gasteiger partial charge on any atom is 0.330 e. The van der Waals surface area contributed by atoms with Crippen LogP contribution in [0.1, 0.15) is 26.7 Å². The van der Waals surface area contributed by atoms with Gasteiger partial charge in [0.1, 0.15) is 0 Å². The Morgan fingerprint density at radius 3 is 2.80 bits per heavy atom. The van der Waals surface area contributed by atoms with E-state index in [9.17, 15) is 4.79 Å². The van der Waals surface area contributed by atoms with Gasteiger partial charge in [-0.3, -0.25) is 0 Å². The number of carbonyl (C=O) groups is 1. The van der Waals surface area contributed by atoms with E-state index in [0.29, 0.717) is 6.04 Å². The Balaban J connectivity index is 3.61. The molecule has 0 saturated heterocycles. The Hall–Kier alpha value is -0.350. The predicted octanol–water partition coefficient (Wildman–Crippen LogP) is 2.26. The molecular formula is C11H20BrNO2. The first kappa shape index (κ1) is 14.6. The van der Waals surface area contributed by atoms with E-state index in [1.165, 1.54) is 13.2 Å². The molecule has 0 aromatic carbocycles. The largest absolute Gasteiger partial charge is 0.466 e. The molecule has 0 spiro atoms. The number of alkyl halides is 1. The van der Waals surface area contributed by atoms with Crippen molar-refractivity contribution < 1.29 is 9.53 Å². The van der Waals surface area contributed by atoms with Crippen molar-refractivity contribution >= 4 is 21.9 Å². The summed E-state index contributed by atoms with van der Waals surface area (Å²) in [4.78, 5) is 11.0. The number of hydrogen-bond donors (Lipinski definition) is 1. The number of ether oxygens (including phenoxy) is 1. The van der Waals surface area contributed by atoms with Gasteiger partial charge in [0.05, 0.1) is 7.11 Å². The molecular weight excluding hydrogens is 258 g/mol. The van der Waals surface area contributed by atoms with E-state index in [0.717, 1.165) is 19.4 Å². The van der Waals surface area contributed by atoms with Crippen molar-refractivity contribution in [1.82, 2.24) is 5.32 Å². The molecule has 0 bridgehead atoms. The molecule has 0 amide bonds. The van der Waals surface area contributed by atoms with E-state index in [-0.39, 0.29) is 10.8 Å². The average molecular weight is 278 g/mol. The molecule has 0 aliphatic heterocycles. The van der Waals surface area contributed by atoms with Gasteiger partial charge in [-0.15, -0.1) is 0 Å². The van der Waals surface area contributed by atoms with Gasteiger partial charge in [0.2, 0.25) is 0 Å². The number of rotatable bonds is 7. The average Bonchev–Trinajstić information content (AvgIpc) is 2.25. The van der Waals surface area contributed by atoms with Crippen molar-refractivity contribution in [2.45, 2.75) is 37.6 Å². The van der Waals surface area contributed by atoms with Gasteiger partial charge in [-0.2, -0.15) is 0 Å². The quantitative estimate of drug-likeness (QED) is 0.441. The number of carbonyl (C=O) groups excluding carboxylic acids is 1. The third-order valence-electron chi connectivity index (χ3n) is 2.17. The smallest absolute Gasteiger partial charge is 0.330 e. The third-order valence-corrected chi connectivity index (χ3v) is 2.93. The monoisotopic (exact) mass is 277 g/mol. The van der Waals surface area contributed by atoms with Crippen molar-refractivity contribution in [1.29, 1.82) is 0 Å². The zero-order valence-corrected chi connectivity index (χ0v) is 11.2. The molecule has 15 heavy (non-hydrogen) atoms. The van der Waals surface area contributed by atoms with Gasteiger partial charge in [0.25, 0.3) is 0 Å². The molecule has 0 aromatic rings. The van der Waals surface area contributed by atoms with Crippen LogP contribution in [-0.2, 0) is 9.53 Å². The van der Waals surface area contributed by atoms with Crippen molar-refractivity contribution in [3.63, 3.8) is 0 Å². The highest BCUT2D eigenvalue weighted by atomic mass is 79.9. The normalized spacial score (nSPS) is 15.2. The molecule has 1 N–H and O–H groups in total. The van der Waals surface area contributed by atoms with Gasteiger partial charge in [0, 0.05) is 16.9 Å². The fourth-order valence-corrected chi connectivity index (χ4v) is 1.34. The molecule has 0 fully saturated rings. The van der Waals surface area contributed by atoms with E-state index in [1.54, 1.807) is 0 Å². The van der Waals surface area contributed by atoms with Crippen LogP contribution in [0.25, 0.3) is 0 Å².